The fraction of sp³-hybridized carbons (Fsp3) is 0.375. The molecule has 0 saturated carbocycles. The molecule has 0 spiro atoms. The third kappa shape index (κ3) is 2.29. The van der Waals surface area contributed by atoms with E-state index in [4.69, 9.17) is 5.11 Å². The van der Waals surface area contributed by atoms with Gasteiger partial charge in [0.05, 0.1) is 6.61 Å². The van der Waals surface area contributed by atoms with Gasteiger partial charge < -0.3 is 10.2 Å². The van der Waals surface area contributed by atoms with Crippen LogP contribution in [0, 0.1) is 0 Å². The first-order valence-electron chi connectivity index (χ1n) is 3.24. The van der Waals surface area contributed by atoms with Gasteiger partial charge in [-0.25, -0.2) is 0 Å². The maximum absolute atomic E-state index is 11.0. The van der Waals surface area contributed by atoms with Crippen LogP contribution in [0.2, 0.25) is 0 Å². The molecule has 0 radical (unpaired) electrons. The average molecular weight is 156 g/mol. The van der Waals surface area contributed by atoms with E-state index in [0.29, 0.717) is 0 Å². The largest absolute Gasteiger partial charge is 0.396 e. The van der Waals surface area contributed by atoms with E-state index in [0.717, 1.165) is 12.2 Å². The Morgan fingerprint density at radius 3 is 2.18 bits per heavy atom. The van der Waals surface area contributed by atoms with Gasteiger partial charge in [0, 0.05) is 6.42 Å². The fourth-order valence-corrected chi connectivity index (χ4v) is 0.613. The summed E-state index contributed by atoms with van der Waals surface area (Å²) in [6, 6.07) is 0. The number of aliphatic hydroxyl groups excluding tert-OH is 1. The van der Waals surface area contributed by atoms with Crippen LogP contribution in [-0.2, 0) is 4.79 Å². The number of carbonyl (C=O) groups excluding carboxylic acids is 1. The average Bonchev–Trinajstić information content (AvgIpc) is 2.03. The SMILES string of the molecule is C=CC(O)(C=C)C(=O)CCO. The molecule has 0 heterocycles. The monoisotopic (exact) mass is 156 g/mol. The number of aliphatic hydroxyl groups is 2. The standard InChI is InChI=1S/C8H12O3/c1-3-8(11,4-2)7(10)5-6-9/h3-4,9,11H,1-2,5-6H2. The van der Waals surface area contributed by atoms with Crippen LogP contribution in [0.25, 0.3) is 0 Å². The van der Waals surface area contributed by atoms with Crippen LogP contribution in [0.5, 0.6) is 0 Å². The summed E-state index contributed by atoms with van der Waals surface area (Å²) < 4.78 is 0. The molecule has 0 aliphatic carbocycles. The Morgan fingerprint density at radius 2 is 1.91 bits per heavy atom. The zero-order valence-corrected chi connectivity index (χ0v) is 6.29. The number of rotatable bonds is 5. The molecule has 0 aromatic carbocycles. The highest BCUT2D eigenvalue weighted by molar-refractivity contribution is 5.91. The van der Waals surface area contributed by atoms with Crippen molar-refractivity contribution < 1.29 is 15.0 Å². The van der Waals surface area contributed by atoms with Crippen molar-refractivity contribution in [1.82, 2.24) is 0 Å². The minimum atomic E-state index is -1.68. The van der Waals surface area contributed by atoms with Gasteiger partial charge in [0.25, 0.3) is 0 Å². The predicted molar refractivity (Wildman–Crippen MR) is 42.1 cm³/mol. The predicted octanol–water partition coefficient (Wildman–Crippen LogP) is 0.0410. The second-order valence-electron chi connectivity index (χ2n) is 2.13. The molecule has 0 fully saturated rings. The number of carbonyl (C=O) groups is 1. The van der Waals surface area contributed by atoms with Crippen molar-refractivity contribution in [2.75, 3.05) is 6.61 Å². The normalized spacial score (nSPS) is 10.7. The van der Waals surface area contributed by atoms with Crippen LogP contribution in [0.3, 0.4) is 0 Å². The number of hydrogen-bond acceptors (Lipinski definition) is 3. The van der Waals surface area contributed by atoms with E-state index in [1.807, 2.05) is 0 Å². The van der Waals surface area contributed by atoms with Gasteiger partial charge in [-0.1, -0.05) is 13.2 Å². The lowest BCUT2D eigenvalue weighted by Crippen LogP contribution is -2.34. The Hall–Kier alpha value is -0.930. The highest BCUT2D eigenvalue weighted by Crippen LogP contribution is 2.10. The summed E-state index contributed by atoms with van der Waals surface area (Å²) in [4.78, 5) is 11.0. The molecule has 0 unspecified atom stereocenters. The molecule has 0 rings (SSSR count). The number of ketones is 1. The van der Waals surface area contributed by atoms with Gasteiger partial charge in [-0.3, -0.25) is 4.79 Å². The second-order valence-corrected chi connectivity index (χ2v) is 2.13. The third-order valence-corrected chi connectivity index (χ3v) is 1.41. The summed E-state index contributed by atoms with van der Waals surface area (Å²) in [6.07, 6.45) is 2.10. The molecule has 11 heavy (non-hydrogen) atoms. The van der Waals surface area contributed by atoms with Gasteiger partial charge in [-0.15, -0.1) is 0 Å². The van der Waals surface area contributed by atoms with Gasteiger partial charge in [0.15, 0.2) is 11.4 Å². The maximum atomic E-state index is 11.0. The minimum absolute atomic E-state index is 0.0888. The van der Waals surface area contributed by atoms with Crippen LogP contribution in [0.1, 0.15) is 6.42 Å². The second kappa shape index (κ2) is 4.05. The van der Waals surface area contributed by atoms with E-state index in [9.17, 15) is 9.90 Å². The van der Waals surface area contributed by atoms with Gasteiger partial charge >= 0.3 is 0 Å². The smallest absolute Gasteiger partial charge is 0.174 e. The maximum Gasteiger partial charge on any atom is 0.174 e. The van der Waals surface area contributed by atoms with Gasteiger partial charge in [0.2, 0.25) is 0 Å². The first kappa shape index (κ1) is 10.1. The molecule has 0 bridgehead atoms. The Labute approximate surface area is 65.7 Å². The van der Waals surface area contributed by atoms with Gasteiger partial charge in [-0.05, 0) is 12.2 Å². The molecule has 0 aromatic rings. The Bertz CT molecular complexity index is 164. The fourth-order valence-electron chi connectivity index (χ4n) is 0.613. The molecule has 0 atom stereocenters. The highest BCUT2D eigenvalue weighted by atomic mass is 16.3. The summed E-state index contributed by atoms with van der Waals surface area (Å²) >= 11 is 0. The molecule has 3 nitrogen and oxygen atoms in total. The van der Waals surface area contributed by atoms with E-state index >= 15 is 0 Å². The van der Waals surface area contributed by atoms with Crippen LogP contribution < -0.4 is 0 Å². The molecule has 0 saturated heterocycles. The lowest BCUT2D eigenvalue weighted by molar-refractivity contribution is -0.130. The van der Waals surface area contributed by atoms with Crippen molar-refractivity contribution in [2.45, 2.75) is 12.0 Å². The number of hydrogen-bond donors (Lipinski definition) is 2. The molecule has 3 heteroatoms. The lowest BCUT2D eigenvalue weighted by atomic mass is 9.97. The summed E-state index contributed by atoms with van der Waals surface area (Å²) in [5, 5.41) is 17.7. The molecular weight excluding hydrogens is 144 g/mol. The minimum Gasteiger partial charge on any atom is -0.396 e. The van der Waals surface area contributed by atoms with E-state index < -0.39 is 11.4 Å². The Balaban J connectivity index is 4.36. The third-order valence-electron chi connectivity index (χ3n) is 1.41. The summed E-state index contributed by atoms with van der Waals surface area (Å²) in [7, 11) is 0. The molecule has 2 N–H and O–H groups in total. The molecule has 0 aromatic heterocycles. The first-order valence-corrected chi connectivity index (χ1v) is 3.24. The molecule has 0 aliphatic heterocycles. The topological polar surface area (TPSA) is 57.5 Å². The Morgan fingerprint density at radius 1 is 1.45 bits per heavy atom. The quantitative estimate of drug-likeness (QED) is 0.552. The van der Waals surface area contributed by atoms with Crippen molar-refractivity contribution in [3.05, 3.63) is 25.3 Å². The van der Waals surface area contributed by atoms with Gasteiger partial charge in [0.1, 0.15) is 0 Å². The summed E-state index contributed by atoms with van der Waals surface area (Å²) in [5.74, 6) is -0.495. The van der Waals surface area contributed by atoms with Gasteiger partial charge in [-0.2, -0.15) is 0 Å². The van der Waals surface area contributed by atoms with Crippen molar-refractivity contribution in [1.29, 1.82) is 0 Å². The van der Waals surface area contributed by atoms with E-state index in [2.05, 4.69) is 13.2 Å². The highest BCUT2D eigenvalue weighted by Gasteiger charge is 2.27. The van der Waals surface area contributed by atoms with Crippen molar-refractivity contribution in [2.24, 2.45) is 0 Å². The van der Waals surface area contributed by atoms with E-state index in [-0.39, 0.29) is 13.0 Å². The first-order chi connectivity index (χ1) is 5.10. The van der Waals surface area contributed by atoms with E-state index in [1.165, 1.54) is 0 Å². The number of Topliss-reactive ketones (excluding diaryl/α,β-unsaturated/α-hetero) is 1. The van der Waals surface area contributed by atoms with Crippen molar-refractivity contribution in [3.63, 3.8) is 0 Å². The molecule has 62 valence electrons. The zero-order valence-electron chi connectivity index (χ0n) is 6.29. The molecule has 0 aliphatic rings. The van der Waals surface area contributed by atoms with Crippen molar-refractivity contribution >= 4 is 5.78 Å². The Kier molecular flexibility index (Phi) is 3.71. The van der Waals surface area contributed by atoms with Crippen LogP contribution in [0.15, 0.2) is 25.3 Å². The zero-order chi connectivity index (χ0) is 8.91. The lowest BCUT2D eigenvalue weighted by Gasteiger charge is -2.16. The summed E-state index contributed by atoms with van der Waals surface area (Å²) in [5.41, 5.74) is -1.68. The molecular formula is C8H12O3. The van der Waals surface area contributed by atoms with Crippen LogP contribution in [-0.4, -0.2) is 28.2 Å². The van der Waals surface area contributed by atoms with Crippen LogP contribution >= 0.6 is 0 Å². The summed E-state index contributed by atoms with van der Waals surface area (Å²) in [6.45, 7) is 6.29. The van der Waals surface area contributed by atoms with E-state index in [1.54, 1.807) is 0 Å². The molecule has 0 amide bonds. The van der Waals surface area contributed by atoms with Crippen LogP contribution in [0.4, 0.5) is 0 Å². The van der Waals surface area contributed by atoms with Crippen molar-refractivity contribution in [3.8, 4) is 0 Å².